The number of Topliss-reactive ketones (excluding diaryl/α,β-unsaturated/α-hetero) is 1. The molecule has 0 fully saturated rings. The number of aromatic nitrogens is 1. The number of fused-ring (bicyclic) bond motifs is 1. The van der Waals surface area contributed by atoms with Gasteiger partial charge in [0.05, 0.1) is 7.11 Å². The summed E-state index contributed by atoms with van der Waals surface area (Å²) in [5.74, 6) is 0.559. The summed E-state index contributed by atoms with van der Waals surface area (Å²) in [5.41, 5.74) is 3.18. The molecule has 22 heavy (non-hydrogen) atoms. The van der Waals surface area contributed by atoms with Crippen molar-refractivity contribution in [1.29, 1.82) is 0 Å². The van der Waals surface area contributed by atoms with Gasteiger partial charge in [0.15, 0.2) is 0 Å². The Hall–Kier alpha value is -2.81. The van der Waals surface area contributed by atoms with Crippen molar-refractivity contribution in [3.8, 4) is 5.75 Å². The van der Waals surface area contributed by atoms with E-state index in [1.54, 1.807) is 7.11 Å². The van der Waals surface area contributed by atoms with E-state index in [1.807, 2.05) is 78.2 Å². The maximum absolute atomic E-state index is 12.8. The van der Waals surface area contributed by atoms with E-state index >= 15 is 0 Å². The molecule has 0 atom stereocenters. The van der Waals surface area contributed by atoms with Gasteiger partial charge in [-0.25, -0.2) is 0 Å². The largest absolute Gasteiger partial charge is 0.494 e. The van der Waals surface area contributed by atoms with E-state index in [0.717, 1.165) is 11.1 Å². The van der Waals surface area contributed by atoms with Crippen molar-refractivity contribution in [2.45, 2.75) is 6.92 Å². The van der Waals surface area contributed by atoms with E-state index < -0.39 is 0 Å². The number of carbonyl (C=O) groups excluding carboxylic acids is 1. The molecule has 2 aromatic heterocycles. The lowest BCUT2D eigenvalue weighted by molar-refractivity contribution is 0.102. The Kier molecular flexibility index (Phi) is 3.79. The first-order valence-corrected chi connectivity index (χ1v) is 7.13. The van der Waals surface area contributed by atoms with Crippen LogP contribution in [0.25, 0.3) is 11.6 Å². The number of carbonyl (C=O) groups is 1. The lowest BCUT2D eigenvalue weighted by atomic mass is 10.1. The first-order chi connectivity index (χ1) is 10.7. The highest BCUT2D eigenvalue weighted by Gasteiger charge is 2.19. The van der Waals surface area contributed by atoms with Gasteiger partial charge in [0, 0.05) is 17.8 Å². The maximum atomic E-state index is 12.8. The minimum Gasteiger partial charge on any atom is -0.494 e. The van der Waals surface area contributed by atoms with Gasteiger partial charge in [0.25, 0.3) is 0 Å². The Morgan fingerprint density at radius 1 is 1.09 bits per heavy atom. The number of methoxy groups -OCH3 is 1. The molecule has 0 bridgehead atoms. The van der Waals surface area contributed by atoms with Gasteiger partial charge in [-0.3, -0.25) is 4.79 Å². The highest BCUT2D eigenvalue weighted by molar-refractivity contribution is 6.12. The number of hydrogen-bond acceptors (Lipinski definition) is 2. The van der Waals surface area contributed by atoms with Crippen LogP contribution in [0.4, 0.5) is 0 Å². The topological polar surface area (TPSA) is 30.7 Å². The maximum Gasteiger partial charge on any atom is 0.209 e. The van der Waals surface area contributed by atoms with Crippen molar-refractivity contribution in [3.05, 3.63) is 77.6 Å². The summed E-state index contributed by atoms with van der Waals surface area (Å²) >= 11 is 0. The molecule has 0 aliphatic carbocycles. The van der Waals surface area contributed by atoms with Crippen LogP contribution in [0.5, 0.6) is 5.75 Å². The van der Waals surface area contributed by atoms with Crippen LogP contribution in [-0.4, -0.2) is 17.3 Å². The molecule has 0 N–H and O–H groups in total. The Balaban J connectivity index is 2.07. The quantitative estimate of drug-likeness (QED) is 0.532. The summed E-state index contributed by atoms with van der Waals surface area (Å²) in [6.07, 6.45) is 3.77. The van der Waals surface area contributed by atoms with Gasteiger partial charge in [0.2, 0.25) is 5.78 Å². The molecule has 3 aromatic rings. The van der Waals surface area contributed by atoms with Crippen LogP contribution in [-0.2, 0) is 0 Å². The molecule has 0 amide bonds. The molecule has 0 spiro atoms. The predicted octanol–water partition coefficient (Wildman–Crippen LogP) is 4.23. The van der Waals surface area contributed by atoms with E-state index in [2.05, 4.69) is 0 Å². The monoisotopic (exact) mass is 291 g/mol. The molecule has 0 aliphatic rings. The average molecular weight is 291 g/mol. The third-order valence-electron chi connectivity index (χ3n) is 3.62. The summed E-state index contributed by atoms with van der Waals surface area (Å²) in [6, 6.07) is 17.5. The van der Waals surface area contributed by atoms with Crippen LogP contribution in [0, 0.1) is 0 Å². The lowest BCUT2D eigenvalue weighted by Crippen LogP contribution is -2.06. The van der Waals surface area contributed by atoms with Gasteiger partial charge in [-0.15, -0.1) is 0 Å². The molecule has 0 radical (unpaired) electrons. The van der Waals surface area contributed by atoms with Crippen LogP contribution < -0.4 is 4.74 Å². The minimum absolute atomic E-state index is 0.0353. The number of benzene rings is 1. The molecule has 3 nitrogen and oxygen atoms in total. The highest BCUT2D eigenvalue weighted by atomic mass is 16.5. The SMILES string of the molecule is COc1cc2ccccn2c1C(=O)/C(C)=C/c1ccccc1. The minimum atomic E-state index is -0.0353. The van der Waals surface area contributed by atoms with Crippen molar-refractivity contribution in [2.75, 3.05) is 7.11 Å². The zero-order chi connectivity index (χ0) is 15.5. The molecule has 110 valence electrons. The van der Waals surface area contributed by atoms with Crippen LogP contribution in [0.2, 0.25) is 0 Å². The fraction of sp³-hybridized carbons (Fsp3) is 0.105. The fourth-order valence-electron chi connectivity index (χ4n) is 2.53. The second-order valence-electron chi connectivity index (χ2n) is 5.12. The zero-order valence-corrected chi connectivity index (χ0v) is 12.6. The number of rotatable bonds is 4. The number of ketones is 1. The van der Waals surface area contributed by atoms with Crippen LogP contribution >= 0.6 is 0 Å². The van der Waals surface area contributed by atoms with Crippen molar-refractivity contribution >= 4 is 17.4 Å². The molecule has 0 aliphatic heterocycles. The molecule has 0 unspecified atom stereocenters. The van der Waals surface area contributed by atoms with Gasteiger partial charge in [-0.2, -0.15) is 0 Å². The Morgan fingerprint density at radius 3 is 2.55 bits per heavy atom. The molecular weight excluding hydrogens is 274 g/mol. The second kappa shape index (κ2) is 5.90. The smallest absolute Gasteiger partial charge is 0.209 e. The second-order valence-corrected chi connectivity index (χ2v) is 5.12. The van der Waals surface area contributed by atoms with Crippen molar-refractivity contribution < 1.29 is 9.53 Å². The number of pyridine rings is 1. The first kappa shape index (κ1) is 14.1. The molecule has 0 saturated carbocycles. The molecule has 0 saturated heterocycles. The summed E-state index contributed by atoms with van der Waals surface area (Å²) in [5, 5.41) is 0. The number of nitrogens with zero attached hydrogens (tertiary/aromatic N) is 1. The van der Waals surface area contributed by atoms with E-state index in [0.29, 0.717) is 17.0 Å². The Bertz CT molecular complexity index is 844. The van der Waals surface area contributed by atoms with Crippen LogP contribution in [0.15, 0.2) is 66.4 Å². The van der Waals surface area contributed by atoms with Crippen molar-refractivity contribution in [3.63, 3.8) is 0 Å². The van der Waals surface area contributed by atoms with E-state index in [4.69, 9.17) is 4.74 Å². The van der Waals surface area contributed by atoms with Crippen molar-refractivity contribution in [2.24, 2.45) is 0 Å². The molecule has 1 aromatic carbocycles. The number of hydrogen-bond donors (Lipinski definition) is 0. The van der Waals surface area contributed by atoms with Gasteiger partial charge >= 0.3 is 0 Å². The summed E-state index contributed by atoms with van der Waals surface area (Å²) < 4.78 is 7.25. The summed E-state index contributed by atoms with van der Waals surface area (Å²) in [7, 11) is 1.59. The van der Waals surface area contributed by atoms with Gasteiger partial charge in [0.1, 0.15) is 11.4 Å². The number of allylic oxidation sites excluding steroid dienone is 1. The zero-order valence-electron chi connectivity index (χ0n) is 12.6. The standard InChI is InChI=1S/C19H17NO2/c1-14(12-15-8-4-3-5-9-15)19(21)18-17(22-2)13-16-10-6-7-11-20(16)18/h3-13H,1-2H3/b14-12+. The van der Waals surface area contributed by atoms with E-state index in [9.17, 15) is 4.79 Å². The fourth-order valence-corrected chi connectivity index (χ4v) is 2.53. The van der Waals surface area contributed by atoms with Crippen LogP contribution in [0.1, 0.15) is 23.0 Å². The van der Waals surface area contributed by atoms with E-state index in [-0.39, 0.29) is 5.78 Å². The average Bonchev–Trinajstić information content (AvgIpc) is 2.93. The lowest BCUT2D eigenvalue weighted by Gasteiger charge is -2.05. The summed E-state index contributed by atoms with van der Waals surface area (Å²) in [6.45, 7) is 1.83. The van der Waals surface area contributed by atoms with Crippen molar-refractivity contribution in [1.82, 2.24) is 4.40 Å². The Labute approximate surface area is 129 Å². The highest BCUT2D eigenvalue weighted by Crippen LogP contribution is 2.26. The van der Waals surface area contributed by atoms with Gasteiger partial charge in [-0.1, -0.05) is 36.4 Å². The molecule has 3 heteroatoms. The third-order valence-corrected chi connectivity index (χ3v) is 3.62. The van der Waals surface area contributed by atoms with E-state index in [1.165, 1.54) is 0 Å². The normalized spacial score (nSPS) is 11.6. The third kappa shape index (κ3) is 2.53. The van der Waals surface area contributed by atoms with Gasteiger partial charge < -0.3 is 9.14 Å². The predicted molar refractivity (Wildman–Crippen MR) is 88.4 cm³/mol. The first-order valence-electron chi connectivity index (χ1n) is 7.13. The summed E-state index contributed by atoms with van der Waals surface area (Å²) in [4.78, 5) is 12.8. The molecular formula is C19H17NO2. The van der Waals surface area contributed by atoms with Crippen LogP contribution in [0.3, 0.4) is 0 Å². The number of ether oxygens (including phenoxy) is 1. The molecule has 2 heterocycles. The molecule has 3 rings (SSSR count). The van der Waals surface area contributed by atoms with Gasteiger partial charge in [-0.05, 0) is 36.3 Å². The Morgan fingerprint density at radius 2 is 1.82 bits per heavy atom.